The number of fused-ring (bicyclic) bond motifs is 1. The molecule has 0 aliphatic heterocycles. The summed E-state index contributed by atoms with van der Waals surface area (Å²) >= 11 is 7.15. The molecule has 0 amide bonds. The van der Waals surface area contributed by atoms with Crippen LogP contribution in [0.15, 0.2) is 48.5 Å². The predicted molar refractivity (Wildman–Crippen MR) is 75.2 cm³/mol. The number of nitrogens with zero attached hydrogens (tertiary/aromatic N) is 1. The van der Waals surface area contributed by atoms with E-state index in [9.17, 15) is 4.79 Å². The number of hydrogen-bond acceptors (Lipinski definition) is 3. The average molecular weight is 274 g/mol. The Kier molecular flexibility index (Phi) is 2.86. The van der Waals surface area contributed by atoms with Crippen molar-refractivity contribution in [3.8, 4) is 10.6 Å². The summed E-state index contributed by atoms with van der Waals surface area (Å²) in [4.78, 5) is 15.9. The van der Waals surface area contributed by atoms with Gasteiger partial charge in [-0.1, -0.05) is 30.3 Å². The summed E-state index contributed by atoms with van der Waals surface area (Å²) in [6, 6.07) is 15.2. The Morgan fingerprint density at radius 1 is 1.06 bits per heavy atom. The van der Waals surface area contributed by atoms with Gasteiger partial charge in [0, 0.05) is 11.1 Å². The lowest BCUT2D eigenvalue weighted by molar-refractivity contribution is 0.108. The van der Waals surface area contributed by atoms with E-state index in [0.717, 1.165) is 20.8 Å². The van der Waals surface area contributed by atoms with Gasteiger partial charge in [-0.25, -0.2) is 4.98 Å². The number of halogens is 1. The highest BCUT2D eigenvalue weighted by molar-refractivity contribution is 7.21. The van der Waals surface area contributed by atoms with E-state index >= 15 is 0 Å². The number of aromatic nitrogens is 1. The number of carbonyl (C=O) groups is 1. The Balaban J connectivity index is 2.23. The normalized spacial score (nSPS) is 10.7. The first-order valence-electron chi connectivity index (χ1n) is 5.40. The van der Waals surface area contributed by atoms with Crippen molar-refractivity contribution in [2.24, 2.45) is 0 Å². The second kappa shape index (κ2) is 4.52. The maximum Gasteiger partial charge on any atom is 0.253 e. The topological polar surface area (TPSA) is 30.0 Å². The van der Waals surface area contributed by atoms with Gasteiger partial charge in [0.25, 0.3) is 5.24 Å². The smallest absolute Gasteiger partial charge is 0.253 e. The summed E-state index contributed by atoms with van der Waals surface area (Å²) in [7, 11) is 0. The lowest BCUT2D eigenvalue weighted by atomic mass is 10.1. The molecule has 4 heteroatoms. The highest BCUT2D eigenvalue weighted by Gasteiger charge is 2.13. The quantitative estimate of drug-likeness (QED) is 0.650. The molecule has 1 heterocycles. The van der Waals surface area contributed by atoms with Crippen molar-refractivity contribution in [1.82, 2.24) is 4.98 Å². The van der Waals surface area contributed by atoms with Crippen LogP contribution in [0, 0.1) is 0 Å². The van der Waals surface area contributed by atoms with E-state index in [1.54, 1.807) is 23.5 Å². The van der Waals surface area contributed by atoms with Crippen LogP contribution in [-0.2, 0) is 0 Å². The molecule has 0 aliphatic carbocycles. The fraction of sp³-hybridized carbons (Fsp3) is 0. The van der Waals surface area contributed by atoms with Crippen molar-refractivity contribution in [3.05, 3.63) is 54.1 Å². The number of carbonyl (C=O) groups excluding carboxylic acids is 1. The van der Waals surface area contributed by atoms with Crippen LogP contribution in [0.5, 0.6) is 0 Å². The third kappa shape index (κ3) is 1.92. The minimum Gasteiger partial charge on any atom is -0.276 e. The highest BCUT2D eigenvalue weighted by Crippen LogP contribution is 2.32. The number of thiazole rings is 1. The molecule has 2 aromatic carbocycles. The number of para-hydroxylation sites is 1. The van der Waals surface area contributed by atoms with Crippen molar-refractivity contribution in [2.75, 3.05) is 0 Å². The van der Waals surface area contributed by atoms with Gasteiger partial charge in [-0.3, -0.25) is 4.79 Å². The highest BCUT2D eigenvalue weighted by atomic mass is 35.5. The number of hydrogen-bond donors (Lipinski definition) is 0. The van der Waals surface area contributed by atoms with Crippen LogP contribution in [0.2, 0.25) is 0 Å². The molecule has 0 bridgehead atoms. The van der Waals surface area contributed by atoms with E-state index in [1.807, 2.05) is 36.4 Å². The van der Waals surface area contributed by atoms with Gasteiger partial charge in [-0.15, -0.1) is 11.3 Å². The summed E-state index contributed by atoms with van der Waals surface area (Å²) < 4.78 is 1.10. The van der Waals surface area contributed by atoms with Gasteiger partial charge in [0.1, 0.15) is 5.01 Å². The van der Waals surface area contributed by atoms with E-state index in [-0.39, 0.29) is 0 Å². The lowest BCUT2D eigenvalue weighted by Gasteiger charge is -2.01. The monoisotopic (exact) mass is 273 g/mol. The lowest BCUT2D eigenvalue weighted by Crippen LogP contribution is -1.92. The molecule has 0 aliphatic rings. The molecule has 18 heavy (non-hydrogen) atoms. The third-order valence-electron chi connectivity index (χ3n) is 2.66. The minimum atomic E-state index is -0.454. The molecule has 2 nitrogen and oxygen atoms in total. The summed E-state index contributed by atoms with van der Waals surface area (Å²) in [5.41, 5.74) is 2.23. The Hall–Kier alpha value is -1.71. The van der Waals surface area contributed by atoms with Crippen LogP contribution in [0.4, 0.5) is 0 Å². The van der Waals surface area contributed by atoms with Gasteiger partial charge in [0.2, 0.25) is 0 Å². The molecule has 3 rings (SSSR count). The summed E-state index contributed by atoms with van der Waals surface area (Å²) in [5, 5.41) is 0.366. The van der Waals surface area contributed by atoms with Crippen LogP contribution in [-0.4, -0.2) is 10.2 Å². The van der Waals surface area contributed by atoms with Gasteiger partial charge >= 0.3 is 0 Å². The van der Waals surface area contributed by atoms with Crippen molar-refractivity contribution in [1.29, 1.82) is 0 Å². The summed E-state index contributed by atoms with van der Waals surface area (Å²) in [6.07, 6.45) is 0. The van der Waals surface area contributed by atoms with E-state index in [2.05, 4.69) is 4.98 Å². The van der Waals surface area contributed by atoms with Crippen molar-refractivity contribution in [3.63, 3.8) is 0 Å². The molecule has 0 unspecified atom stereocenters. The molecular weight excluding hydrogens is 266 g/mol. The molecule has 0 N–H and O–H groups in total. The fourth-order valence-electron chi connectivity index (χ4n) is 1.83. The van der Waals surface area contributed by atoms with Crippen LogP contribution < -0.4 is 0 Å². The average Bonchev–Trinajstić information content (AvgIpc) is 2.82. The zero-order valence-corrected chi connectivity index (χ0v) is 10.8. The second-order valence-electron chi connectivity index (χ2n) is 3.81. The van der Waals surface area contributed by atoms with Crippen LogP contribution in [0.25, 0.3) is 20.8 Å². The first-order chi connectivity index (χ1) is 8.75. The van der Waals surface area contributed by atoms with Gasteiger partial charge < -0.3 is 0 Å². The molecule has 0 fully saturated rings. The molecule has 88 valence electrons. The van der Waals surface area contributed by atoms with E-state index in [4.69, 9.17) is 11.6 Å². The van der Waals surface area contributed by atoms with Crippen molar-refractivity contribution in [2.45, 2.75) is 0 Å². The van der Waals surface area contributed by atoms with Gasteiger partial charge in [-0.05, 0) is 29.8 Å². The molecular formula is C14H8ClNOS. The Labute approximate surface area is 113 Å². The van der Waals surface area contributed by atoms with Gasteiger partial charge in [0.15, 0.2) is 0 Å². The van der Waals surface area contributed by atoms with E-state index < -0.39 is 5.24 Å². The van der Waals surface area contributed by atoms with Gasteiger partial charge in [-0.2, -0.15) is 0 Å². The standard InChI is InChI=1S/C14H8ClNOS/c15-13(17)9-5-1-2-6-10(9)14-16-11-7-3-4-8-12(11)18-14/h1-8H. The number of rotatable bonds is 2. The van der Waals surface area contributed by atoms with Crippen molar-refractivity contribution < 1.29 is 4.79 Å². The maximum atomic E-state index is 11.4. The molecule has 0 spiro atoms. The zero-order valence-electron chi connectivity index (χ0n) is 9.26. The third-order valence-corrected chi connectivity index (χ3v) is 3.94. The summed E-state index contributed by atoms with van der Waals surface area (Å²) in [5.74, 6) is 0. The Bertz CT molecular complexity index is 702. The molecule has 0 saturated heterocycles. The van der Waals surface area contributed by atoms with Crippen LogP contribution in [0.1, 0.15) is 10.4 Å². The molecule has 0 atom stereocenters. The van der Waals surface area contributed by atoms with Crippen LogP contribution >= 0.6 is 22.9 Å². The zero-order chi connectivity index (χ0) is 12.5. The van der Waals surface area contributed by atoms with Crippen LogP contribution in [0.3, 0.4) is 0 Å². The second-order valence-corrected chi connectivity index (χ2v) is 5.18. The summed E-state index contributed by atoms with van der Waals surface area (Å²) in [6.45, 7) is 0. The largest absolute Gasteiger partial charge is 0.276 e. The number of benzene rings is 2. The molecule has 3 aromatic rings. The molecule has 1 aromatic heterocycles. The maximum absolute atomic E-state index is 11.4. The van der Waals surface area contributed by atoms with E-state index in [1.165, 1.54) is 0 Å². The Morgan fingerprint density at radius 3 is 2.56 bits per heavy atom. The fourth-order valence-corrected chi connectivity index (χ4v) is 3.00. The van der Waals surface area contributed by atoms with E-state index in [0.29, 0.717) is 5.56 Å². The first-order valence-corrected chi connectivity index (χ1v) is 6.60. The SMILES string of the molecule is O=C(Cl)c1ccccc1-c1nc2ccccc2s1. The molecule has 0 saturated carbocycles. The van der Waals surface area contributed by atoms with Gasteiger partial charge in [0.05, 0.1) is 10.2 Å². The Morgan fingerprint density at radius 2 is 1.78 bits per heavy atom. The predicted octanol–water partition coefficient (Wildman–Crippen LogP) is 4.34. The molecule has 0 radical (unpaired) electrons. The first kappa shape index (κ1) is 11.4. The minimum absolute atomic E-state index is 0.454. The van der Waals surface area contributed by atoms with Crippen molar-refractivity contribution >= 4 is 38.4 Å².